The van der Waals surface area contributed by atoms with Gasteiger partial charge in [0, 0.05) is 31.7 Å². The van der Waals surface area contributed by atoms with Gasteiger partial charge in [0.05, 0.1) is 6.61 Å². The first-order chi connectivity index (χ1) is 8.74. The van der Waals surface area contributed by atoms with Crippen molar-refractivity contribution in [2.24, 2.45) is 11.8 Å². The average Bonchev–Trinajstić information content (AvgIpc) is 2.30. The third-order valence-electron chi connectivity index (χ3n) is 4.81. The summed E-state index contributed by atoms with van der Waals surface area (Å²) in [5, 5.41) is 12.4. The van der Waals surface area contributed by atoms with Gasteiger partial charge in [0.1, 0.15) is 0 Å². The Labute approximate surface area is 112 Å². The number of aliphatic hydroxyl groups excluding tert-OH is 1. The maximum atomic E-state index is 8.94. The molecule has 3 heteroatoms. The third-order valence-corrected chi connectivity index (χ3v) is 4.81. The number of piperidine rings is 1. The summed E-state index contributed by atoms with van der Waals surface area (Å²) in [6, 6.07) is 1.38. The van der Waals surface area contributed by atoms with Gasteiger partial charge in [-0.05, 0) is 37.5 Å². The van der Waals surface area contributed by atoms with Crippen LogP contribution in [0, 0.1) is 11.8 Å². The quantitative estimate of drug-likeness (QED) is 0.759. The predicted molar refractivity (Wildman–Crippen MR) is 75.7 cm³/mol. The summed E-state index contributed by atoms with van der Waals surface area (Å²) in [6.07, 6.45) is 6.88. The van der Waals surface area contributed by atoms with Crippen LogP contribution in [-0.2, 0) is 0 Å². The summed E-state index contributed by atoms with van der Waals surface area (Å²) in [5.74, 6) is 1.74. The Kier molecular flexibility index (Phi) is 5.46. The first-order valence-electron chi connectivity index (χ1n) is 7.82. The van der Waals surface area contributed by atoms with Crippen LogP contribution in [0.15, 0.2) is 0 Å². The highest BCUT2D eigenvalue weighted by molar-refractivity contribution is 4.90. The van der Waals surface area contributed by atoms with Gasteiger partial charge in [-0.15, -0.1) is 0 Å². The maximum absolute atomic E-state index is 8.94. The van der Waals surface area contributed by atoms with Crippen LogP contribution >= 0.6 is 0 Å². The molecule has 0 aromatic rings. The standard InChI is InChI=1S/C15H30N2O/c1-3-15(13-5-4-6-13)17-10-12(2)9-14(11-17)16-7-8-18/h12-16,18H,3-11H2,1-2H3. The fourth-order valence-corrected chi connectivity index (χ4v) is 3.79. The third kappa shape index (κ3) is 3.46. The smallest absolute Gasteiger partial charge is 0.0556 e. The molecule has 106 valence electrons. The van der Waals surface area contributed by atoms with Gasteiger partial charge in [0.15, 0.2) is 0 Å². The van der Waals surface area contributed by atoms with Gasteiger partial charge in [-0.1, -0.05) is 20.3 Å². The van der Waals surface area contributed by atoms with Crippen LogP contribution in [0.3, 0.4) is 0 Å². The number of likely N-dealkylation sites (tertiary alicyclic amines) is 1. The van der Waals surface area contributed by atoms with Crippen molar-refractivity contribution in [2.75, 3.05) is 26.2 Å². The van der Waals surface area contributed by atoms with E-state index in [-0.39, 0.29) is 6.61 Å². The Morgan fingerprint density at radius 3 is 2.67 bits per heavy atom. The van der Waals surface area contributed by atoms with E-state index < -0.39 is 0 Å². The Bertz CT molecular complexity index is 243. The molecule has 2 aliphatic rings. The highest BCUT2D eigenvalue weighted by Gasteiger charge is 2.34. The SMILES string of the molecule is CCC(C1CCC1)N1CC(C)CC(NCCO)C1. The van der Waals surface area contributed by atoms with E-state index in [1.165, 1.54) is 45.2 Å². The minimum Gasteiger partial charge on any atom is -0.395 e. The molecule has 18 heavy (non-hydrogen) atoms. The molecule has 0 amide bonds. The number of nitrogens with one attached hydrogen (secondary N) is 1. The molecule has 1 aliphatic heterocycles. The molecule has 2 rings (SSSR count). The minimum atomic E-state index is 0.255. The second-order valence-electron chi connectivity index (χ2n) is 6.34. The van der Waals surface area contributed by atoms with Crippen LogP contribution in [0.2, 0.25) is 0 Å². The van der Waals surface area contributed by atoms with Crippen LogP contribution in [0.25, 0.3) is 0 Å². The van der Waals surface area contributed by atoms with Crippen LogP contribution < -0.4 is 5.32 Å². The monoisotopic (exact) mass is 254 g/mol. The van der Waals surface area contributed by atoms with Crippen molar-refractivity contribution in [1.29, 1.82) is 0 Å². The van der Waals surface area contributed by atoms with Gasteiger partial charge in [-0.25, -0.2) is 0 Å². The second kappa shape index (κ2) is 6.88. The molecular formula is C15H30N2O. The number of hydrogen-bond donors (Lipinski definition) is 2. The molecule has 1 heterocycles. The molecule has 0 radical (unpaired) electrons. The fraction of sp³-hybridized carbons (Fsp3) is 1.00. The van der Waals surface area contributed by atoms with Crippen molar-refractivity contribution in [3.05, 3.63) is 0 Å². The van der Waals surface area contributed by atoms with Crippen molar-refractivity contribution in [1.82, 2.24) is 10.2 Å². The lowest BCUT2D eigenvalue weighted by Gasteiger charge is -2.46. The van der Waals surface area contributed by atoms with Gasteiger partial charge < -0.3 is 10.4 Å². The van der Waals surface area contributed by atoms with Crippen LogP contribution in [0.5, 0.6) is 0 Å². The lowest BCUT2D eigenvalue weighted by Crippen LogP contribution is -2.54. The molecule has 0 spiro atoms. The van der Waals surface area contributed by atoms with E-state index in [0.29, 0.717) is 6.04 Å². The van der Waals surface area contributed by atoms with E-state index >= 15 is 0 Å². The summed E-state index contributed by atoms with van der Waals surface area (Å²) in [6.45, 7) is 8.16. The minimum absolute atomic E-state index is 0.255. The van der Waals surface area contributed by atoms with Gasteiger partial charge in [-0.3, -0.25) is 4.90 Å². The zero-order valence-electron chi connectivity index (χ0n) is 12.1. The predicted octanol–water partition coefficient (Wildman–Crippen LogP) is 1.86. The van der Waals surface area contributed by atoms with Crippen molar-refractivity contribution in [3.8, 4) is 0 Å². The van der Waals surface area contributed by atoms with Gasteiger partial charge in [0.25, 0.3) is 0 Å². The van der Waals surface area contributed by atoms with Crippen molar-refractivity contribution < 1.29 is 5.11 Å². The summed E-state index contributed by atoms with van der Waals surface area (Å²) in [5.41, 5.74) is 0. The molecule has 3 nitrogen and oxygen atoms in total. The molecular weight excluding hydrogens is 224 g/mol. The largest absolute Gasteiger partial charge is 0.395 e. The molecule has 1 saturated carbocycles. The topological polar surface area (TPSA) is 35.5 Å². The second-order valence-corrected chi connectivity index (χ2v) is 6.34. The zero-order chi connectivity index (χ0) is 13.0. The van der Waals surface area contributed by atoms with Crippen molar-refractivity contribution in [2.45, 2.75) is 58.0 Å². The summed E-state index contributed by atoms with van der Waals surface area (Å²) in [7, 11) is 0. The lowest BCUT2D eigenvalue weighted by atomic mass is 9.77. The molecule has 0 aromatic heterocycles. The molecule has 1 aliphatic carbocycles. The Morgan fingerprint density at radius 1 is 1.33 bits per heavy atom. The Balaban J connectivity index is 1.89. The van der Waals surface area contributed by atoms with E-state index in [0.717, 1.165) is 24.4 Å². The summed E-state index contributed by atoms with van der Waals surface area (Å²) in [4.78, 5) is 2.73. The number of hydrogen-bond acceptors (Lipinski definition) is 3. The highest BCUT2D eigenvalue weighted by atomic mass is 16.3. The molecule has 0 bridgehead atoms. The van der Waals surface area contributed by atoms with E-state index in [1.807, 2.05) is 0 Å². The average molecular weight is 254 g/mol. The first kappa shape index (κ1) is 14.3. The van der Waals surface area contributed by atoms with Gasteiger partial charge in [-0.2, -0.15) is 0 Å². The Morgan fingerprint density at radius 2 is 2.11 bits per heavy atom. The molecule has 0 aromatic carbocycles. The summed E-state index contributed by atoms with van der Waals surface area (Å²) < 4.78 is 0. The number of aliphatic hydroxyl groups is 1. The Hall–Kier alpha value is -0.120. The highest BCUT2D eigenvalue weighted by Crippen LogP contribution is 2.35. The normalized spacial score (nSPS) is 32.2. The van der Waals surface area contributed by atoms with Crippen LogP contribution in [0.4, 0.5) is 0 Å². The molecule has 2 N–H and O–H groups in total. The van der Waals surface area contributed by atoms with E-state index in [4.69, 9.17) is 5.11 Å². The number of nitrogens with zero attached hydrogens (tertiary/aromatic N) is 1. The molecule has 1 saturated heterocycles. The molecule has 3 atom stereocenters. The molecule has 2 fully saturated rings. The van der Waals surface area contributed by atoms with Gasteiger partial charge in [0.2, 0.25) is 0 Å². The number of rotatable bonds is 6. The van der Waals surface area contributed by atoms with Gasteiger partial charge >= 0.3 is 0 Å². The van der Waals surface area contributed by atoms with Crippen LogP contribution in [-0.4, -0.2) is 48.3 Å². The summed E-state index contributed by atoms with van der Waals surface area (Å²) >= 11 is 0. The fourth-order valence-electron chi connectivity index (χ4n) is 3.79. The molecule has 3 unspecified atom stereocenters. The van der Waals surface area contributed by atoms with E-state index in [2.05, 4.69) is 24.1 Å². The first-order valence-corrected chi connectivity index (χ1v) is 7.82. The maximum Gasteiger partial charge on any atom is 0.0556 e. The van der Waals surface area contributed by atoms with Crippen molar-refractivity contribution in [3.63, 3.8) is 0 Å². The van der Waals surface area contributed by atoms with Crippen molar-refractivity contribution >= 4 is 0 Å². The lowest BCUT2D eigenvalue weighted by molar-refractivity contribution is 0.0432. The zero-order valence-corrected chi connectivity index (χ0v) is 12.1. The van der Waals surface area contributed by atoms with E-state index in [9.17, 15) is 0 Å². The van der Waals surface area contributed by atoms with E-state index in [1.54, 1.807) is 0 Å². The van der Waals surface area contributed by atoms with Crippen LogP contribution in [0.1, 0.15) is 46.0 Å².